The molecule has 1 heterocycles. The minimum absolute atomic E-state index is 0.165. The minimum atomic E-state index is -0.488. The average molecular weight is 199 g/mol. The first-order chi connectivity index (χ1) is 6.77. The van der Waals surface area contributed by atoms with E-state index in [2.05, 4.69) is 15.0 Å². The molecule has 0 fully saturated rings. The fourth-order valence-corrected chi connectivity index (χ4v) is 0.991. The van der Waals surface area contributed by atoms with Crippen LogP contribution in [0.3, 0.4) is 0 Å². The van der Waals surface area contributed by atoms with E-state index in [1.54, 1.807) is 4.68 Å². The van der Waals surface area contributed by atoms with Gasteiger partial charge in [-0.15, -0.1) is 5.10 Å². The number of unbranched alkanes of at least 4 members (excludes halogenated alkanes) is 1. The van der Waals surface area contributed by atoms with Crippen LogP contribution < -0.4 is 0 Å². The summed E-state index contributed by atoms with van der Waals surface area (Å²) in [5.41, 5.74) is 0.205. The van der Waals surface area contributed by atoms with E-state index < -0.39 is 5.97 Å². The third kappa shape index (κ3) is 2.81. The van der Waals surface area contributed by atoms with Gasteiger partial charge in [-0.2, -0.15) is 0 Å². The molecule has 1 rings (SSSR count). The van der Waals surface area contributed by atoms with Gasteiger partial charge in [-0.05, 0) is 12.8 Å². The Hall–Kier alpha value is -1.43. The van der Waals surface area contributed by atoms with Gasteiger partial charge in [0, 0.05) is 13.2 Å². The quantitative estimate of drug-likeness (QED) is 0.526. The van der Waals surface area contributed by atoms with Crippen LogP contribution in [0.2, 0.25) is 0 Å². The Morgan fingerprint density at radius 3 is 3.07 bits per heavy atom. The van der Waals surface area contributed by atoms with Gasteiger partial charge in [-0.25, -0.2) is 4.79 Å². The molecule has 0 aliphatic heterocycles. The topological polar surface area (TPSA) is 77.2 Å². The largest absolute Gasteiger partial charge is 0.464 e. The van der Waals surface area contributed by atoms with Gasteiger partial charge in [0.1, 0.15) is 0 Å². The van der Waals surface area contributed by atoms with Crippen LogP contribution in [0.5, 0.6) is 0 Å². The second-order valence-corrected chi connectivity index (χ2v) is 2.79. The van der Waals surface area contributed by atoms with Crippen LogP contribution in [0.1, 0.15) is 23.3 Å². The molecule has 1 aromatic rings. The van der Waals surface area contributed by atoms with Crippen molar-refractivity contribution in [1.82, 2.24) is 15.0 Å². The van der Waals surface area contributed by atoms with Gasteiger partial charge in [0.15, 0.2) is 5.69 Å². The van der Waals surface area contributed by atoms with E-state index in [0.29, 0.717) is 13.0 Å². The molecule has 0 bridgehead atoms. The molecule has 0 saturated carbocycles. The molecule has 78 valence electrons. The Morgan fingerprint density at radius 1 is 1.64 bits per heavy atom. The van der Waals surface area contributed by atoms with Crippen LogP contribution in [0.15, 0.2) is 6.20 Å². The number of aryl methyl sites for hydroxylation is 1. The van der Waals surface area contributed by atoms with Crippen molar-refractivity contribution in [1.29, 1.82) is 0 Å². The second-order valence-electron chi connectivity index (χ2n) is 2.79. The number of hydrogen-bond donors (Lipinski definition) is 1. The summed E-state index contributed by atoms with van der Waals surface area (Å²) in [6.07, 6.45) is 3.05. The summed E-state index contributed by atoms with van der Waals surface area (Å²) < 4.78 is 6.04. The minimum Gasteiger partial charge on any atom is -0.464 e. The third-order valence-corrected chi connectivity index (χ3v) is 1.73. The van der Waals surface area contributed by atoms with Crippen LogP contribution in [0.25, 0.3) is 0 Å². The number of rotatable bonds is 5. The molecule has 6 heteroatoms. The third-order valence-electron chi connectivity index (χ3n) is 1.73. The molecular formula is C8H13N3O3. The lowest BCUT2D eigenvalue weighted by molar-refractivity contribution is 0.0594. The number of aliphatic hydroxyl groups excluding tert-OH is 1. The summed E-state index contributed by atoms with van der Waals surface area (Å²) in [7, 11) is 1.30. The zero-order valence-corrected chi connectivity index (χ0v) is 8.01. The fourth-order valence-electron chi connectivity index (χ4n) is 0.991. The zero-order chi connectivity index (χ0) is 10.4. The second kappa shape index (κ2) is 5.33. The molecule has 0 amide bonds. The molecule has 1 aromatic heterocycles. The maximum Gasteiger partial charge on any atom is 0.360 e. The Balaban J connectivity index is 2.46. The van der Waals surface area contributed by atoms with Crippen LogP contribution in [-0.2, 0) is 11.3 Å². The lowest BCUT2D eigenvalue weighted by Crippen LogP contribution is -2.01. The Morgan fingerprint density at radius 2 is 2.43 bits per heavy atom. The lowest BCUT2D eigenvalue weighted by Gasteiger charge is -1.96. The van der Waals surface area contributed by atoms with Gasteiger partial charge in [0.05, 0.1) is 13.3 Å². The highest BCUT2D eigenvalue weighted by molar-refractivity contribution is 5.86. The standard InChI is InChI=1S/C8H13N3O3/c1-14-8(13)7-6-11(10-9-7)4-2-3-5-12/h6,12H,2-5H2,1H3. The molecule has 0 spiro atoms. The number of esters is 1. The highest BCUT2D eigenvalue weighted by Gasteiger charge is 2.09. The van der Waals surface area contributed by atoms with Gasteiger partial charge in [-0.1, -0.05) is 5.21 Å². The molecular weight excluding hydrogens is 186 g/mol. The Kier molecular flexibility index (Phi) is 4.06. The van der Waals surface area contributed by atoms with Crippen LogP contribution in [0, 0.1) is 0 Å². The first-order valence-corrected chi connectivity index (χ1v) is 4.37. The number of aromatic nitrogens is 3. The van der Waals surface area contributed by atoms with Gasteiger partial charge in [0.2, 0.25) is 0 Å². The average Bonchev–Trinajstić information content (AvgIpc) is 2.66. The predicted octanol–water partition coefficient (Wildman–Crippen LogP) is -0.163. The van der Waals surface area contributed by atoms with Crippen LogP contribution in [-0.4, -0.2) is 39.8 Å². The van der Waals surface area contributed by atoms with Crippen molar-refractivity contribution in [2.75, 3.05) is 13.7 Å². The lowest BCUT2D eigenvalue weighted by atomic mass is 10.3. The van der Waals surface area contributed by atoms with Crippen molar-refractivity contribution in [3.8, 4) is 0 Å². The summed E-state index contributed by atoms with van der Waals surface area (Å²) in [6.45, 7) is 0.809. The first-order valence-electron chi connectivity index (χ1n) is 4.37. The van der Waals surface area contributed by atoms with Crippen molar-refractivity contribution in [2.24, 2.45) is 0 Å². The van der Waals surface area contributed by atoms with Crippen LogP contribution in [0.4, 0.5) is 0 Å². The Bertz CT molecular complexity index is 298. The van der Waals surface area contributed by atoms with E-state index in [1.807, 2.05) is 0 Å². The number of aliphatic hydroxyl groups is 1. The van der Waals surface area contributed by atoms with Crippen molar-refractivity contribution < 1.29 is 14.6 Å². The van der Waals surface area contributed by atoms with E-state index in [4.69, 9.17) is 5.11 Å². The van der Waals surface area contributed by atoms with Gasteiger partial charge < -0.3 is 9.84 Å². The summed E-state index contributed by atoms with van der Waals surface area (Å²) in [5.74, 6) is -0.488. The van der Waals surface area contributed by atoms with E-state index in [-0.39, 0.29) is 12.3 Å². The van der Waals surface area contributed by atoms with Crippen molar-refractivity contribution >= 4 is 5.97 Å². The van der Waals surface area contributed by atoms with E-state index in [9.17, 15) is 4.79 Å². The van der Waals surface area contributed by atoms with E-state index in [0.717, 1.165) is 6.42 Å². The molecule has 0 aliphatic carbocycles. The number of carbonyl (C=O) groups is 1. The number of methoxy groups -OCH3 is 1. The SMILES string of the molecule is COC(=O)c1cn(CCCCO)nn1. The highest BCUT2D eigenvalue weighted by atomic mass is 16.5. The molecule has 0 aromatic carbocycles. The summed E-state index contributed by atoms with van der Waals surface area (Å²) in [5, 5.41) is 15.9. The number of nitrogens with zero attached hydrogens (tertiary/aromatic N) is 3. The maximum atomic E-state index is 11.0. The number of carbonyl (C=O) groups excluding carboxylic acids is 1. The first kappa shape index (κ1) is 10.6. The molecule has 1 N–H and O–H groups in total. The molecule has 14 heavy (non-hydrogen) atoms. The molecule has 0 atom stereocenters. The van der Waals surface area contributed by atoms with Gasteiger partial charge >= 0.3 is 5.97 Å². The summed E-state index contributed by atoms with van der Waals surface area (Å²) in [4.78, 5) is 11.0. The molecule has 0 unspecified atom stereocenters. The fraction of sp³-hybridized carbons (Fsp3) is 0.625. The van der Waals surface area contributed by atoms with Crippen molar-refractivity contribution in [3.05, 3.63) is 11.9 Å². The maximum absolute atomic E-state index is 11.0. The monoisotopic (exact) mass is 199 g/mol. The van der Waals surface area contributed by atoms with Crippen LogP contribution >= 0.6 is 0 Å². The summed E-state index contributed by atoms with van der Waals surface area (Å²) >= 11 is 0. The molecule has 0 radical (unpaired) electrons. The number of hydrogen-bond acceptors (Lipinski definition) is 5. The smallest absolute Gasteiger partial charge is 0.360 e. The zero-order valence-electron chi connectivity index (χ0n) is 8.01. The van der Waals surface area contributed by atoms with E-state index in [1.165, 1.54) is 13.3 Å². The predicted molar refractivity (Wildman–Crippen MR) is 47.7 cm³/mol. The van der Waals surface area contributed by atoms with Gasteiger partial charge in [-0.3, -0.25) is 4.68 Å². The number of ether oxygens (including phenoxy) is 1. The molecule has 0 aliphatic rings. The normalized spacial score (nSPS) is 10.1. The van der Waals surface area contributed by atoms with Gasteiger partial charge in [0.25, 0.3) is 0 Å². The molecule has 0 saturated heterocycles. The van der Waals surface area contributed by atoms with Crippen molar-refractivity contribution in [2.45, 2.75) is 19.4 Å². The highest BCUT2D eigenvalue weighted by Crippen LogP contribution is 1.98. The van der Waals surface area contributed by atoms with E-state index >= 15 is 0 Å². The Labute approximate surface area is 81.5 Å². The van der Waals surface area contributed by atoms with Crippen molar-refractivity contribution in [3.63, 3.8) is 0 Å². The summed E-state index contributed by atoms with van der Waals surface area (Å²) in [6, 6.07) is 0. The molecule has 6 nitrogen and oxygen atoms in total.